The second-order valence-corrected chi connectivity index (χ2v) is 12.9. The summed E-state index contributed by atoms with van der Waals surface area (Å²) in [6, 6.07) is 0.424. The second-order valence-electron chi connectivity index (χ2n) is 12.9. The molecule has 16 heteroatoms. The predicted molar refractivity (Wildman–Crippen MR) is 171 cm³/mol. The van der Waals surface area contributed by atoms with Gasteiger partial charge in [-0.05, 0) is 45.7 Å². The highest BCUT2D eigenvalue weighted by molar-refractivity contribution is 6.05. The number of esters is 1. The molecule has 1 aromatic rings. The van der Waals surface area contributed by atoms with Gasteiger partial charge in [0.1, 0.15) is 5.75 Å². The fraction of sp³-hybridized carbons (Fsp3) is 0.667. The molecule has 3 atom stereocenters. The van der Waals surface area contributed by atoms with Crippen molar-refractivity contribution in [2.24, 2.45) is 5.92 Å². The van der Waals surface area contributed by atoms with Gasteiger partial charge in [0.15, 0.2) is 0 Å². The van der Waals surface area contributed by atoms with Crippen molar-refractivity contribution in [3.63, 3.8) is 0 Å². The molecule has 2 aliphatic rings. The topological polar surface area (TPSA) is 144 Å². The van der Waals surface area contributed by atoms with Gasteiger partial charge in [0, 0.05) is 52.7 Å². The summed E-state index contributed by atoms with van der Waals surface area (Å²) in [6.45, 7) is 10.8. The molecule has 3 rings (SSSR count). The number of methoxy groups -OCH3 is 1. The number of anilines is 1. The first-order valence-corrected chi connectivity index (χ1v) is 16.3. The minimum atomic E-state index is -4.99. The largest absolute Gasteiger partial charge is 0.473 e. The average molecular weight is 701 g/mol. The number of nitrogens with one attached hydrogen (secondary N) is 1. The molecule has 0 radical (unpaired) electrons. The highest BCUT2D eigenvalue weighted by Crippen LogP contribution is 2.44. The van der Waals surface area contributed by atoms with Crippen molar-refractivity contribution in [3.8, 4) is 5.75 Å². The van der Waals surface area contributed by atoms with Crippen LogP contribution >= 0.6 is 0 Å². The Kier molecular flexibility index (Phi) is 12.9. The van der Waals surface area contributed by atoms with Gasteiger partial charge in [-0.2, -0.15) is 13.2 Å². The molecular formula is C33H47F3N4O9. The van der Waals surface area contributed by atoms with Gasteiger partial charge in [0.25, 0.3) is 11.8 Å². The van der Waals surface area contributed by atoms with E-state index in [4.69, 9.17) is 18.9 Å². The number of hydrogen-bond donors (Lipinski definition) is 1. The summed E-state index contributed by atoms with van der Waals surface area (Å²) < 4.78 is 65.4. The quantitative estimate of drug-likeness (QED) is 0.249. The van der Waals surface area contributed by atoms with Gasteiger partial charge in [0.05, 0.1) is 35.4 Å². The summed E-state index contributed by atoms with van der Waals surface area (Å²) in [5, 5.41) is 2.65. The summed E-state index contributed by atoms with van der Waals surface area (Å²) in [7, 11) is 1.32. The molecule has 1 fully saturated rings. The predicted octanol–water partition coefficient (Wildman–Crippen LogP) is 4.36. The molecule has 13 nitrogen and oxygen atoms in total. The zero-order valence-corrected chi connectivity index (χ0v) is 29.3. The van der Waals surface area contributed by atoms with Crippen molar-refractivity contribution in [3.05, 3.63) is 23.3 Å². The van der Waals surface area contributed by atoms with Crippen molar-refractivity contribution in [1.29, 1.82) is 0 Å². The summed E-state index contributed by atoms with van der Waals surface area (Å²) >= 11 is 0. The number of amides is 4. The van der Waals surface area contributed by atoms with E-state index in [1.807, 2.05) is 0 Å². The molecule has 1 N–H and O–H groups in total. The van der Waals surface area contributed by atoms with E-state index < -0.39 is 71.1 Å². The first kappa shape index (κ1) is 39.4. The minimum absolute atomic E-state index is 0.00731. The number of piperidine rings is 1. The maximum atomic E-state index is 14.7. The van der Waals surface area contributed by atoms with Gasteiger partial charge in [-0.25, -0.2) is 4.79 Å². The Morgan fingerprint density at radius 1 is 1.12 bits per heavy atom. The van der Waals surface area contributed by atoms with Crippen molar-refractivity contribution < 1.29 is 56.1 Å². The van der Waals surface area contributed by atoms with Gasteiger partial charge < -0.3 is 39.0 Å². The highest BCUT2D eigenvalue weighted by Gasteiger charge is 2.48. The van der Waals surface area contributed by atoms with E-state index in [-0.39, 0.29) is 56.6 Å². The van der Waals surface area contributed by atoms with Crippen LogP contribution in [0.15, 0.2) is 12.1 Å². The van der Waals surface area contributed by atoms with E-state index in [1.54, 1.807) is 34.6 Å². The average Bonchev–Trinajstić information content (AvgIpc) is 3.01. The maximum absolute atomic E-state index is 14.7. The molecule has 0 bridgehead atoms. The molecule has 4 amide bonds. The first-order chi connectivity index (χ1) is 22.8. The maximum Gasteiger partial charge on any atom is 0.417 e. The first-order valence-electron chi connectivity index (χ1n) is 16.3. The Hall–Kier alpha value is -4.08. The van der Waals surface area contributed by atoms with E-state index in [2.05, 4.69) is 5.32 Å². The molecule has 2 aliphatic heterocycles. The fourth-order valence-electron chi connectivity index (χ4n) is 5.82. The minimum Gasteiger partial charge on any atom is -0.473 e. The molecule has 2 heterocycles. The SMILES string of the molecule is CCC(=O)NCCN1C(=O)[C@](C)(COC)Oc2cc(C(F)(F)F)c(C(=O)N(C(C)C)[C@@H]3CCCN(C(=O)OC(C)OC(=O)C(C)C)C3)cc21. The summed E-state index contributed by atoms with van der Waals surface area (Å²) in [5.41, 5.74) is -3.71. The molecule has 0 spiro atoms. The summed E-state index contributed by atoms with van der Waals surface area (Å²) in [5.74, 6) is -3.14. The van der Waals surface area contributed by atoms with Crippen LogP contribution in [0.3, 0.4) is 0 Å². The molecule has 0 aliphatic carbocycles. The molecule has 1 aromatic carbocycles. The second kappa shape index (κ2) is 16.1. The fourth-order valence-corrected chi connectivity index (χ4v) is 5.82. The number of halogens is 3. The monoisotopic (exact) mass is 700 g/mol. The number of hydrogen-bond acceptors (Lipinski definition) is 9. The van der Waals surface area contributed by atoms with Crippen LogP contribution in [0.5, 0.6) is 5.75 Å². The van der Waals surface area contributed by atoms with Crippen LogP contribution in [-0.2, 0) is 34.8 Å². The molecule has 274 valence electrons. The van der Waals surface area contributed by atoms with E-state index in [0.717, 1.165) is 6.07 Å². The van der Waals surface area contributed by atoms with Gasteiger partial charge in [-0.1, -0.05) is 20.8 Å². The number of fused-ring (bicyclic) bond motifs is 1. The van der Waals surface area contributed by atoms with Crippen molar-refractivity contribution in [2.45, 2.75) is 97.9 Å². The number of likely N-dealkylation sites (tertiary alicyclic amines) is 1. The normalized spacial score (nSPS) is 20.0. The number of benzene rings is 1. The standard InChI is InChI=1S/C33H47F3N4O9/c1-9-27(41)37-12-14-39-25-15-23(24(33(34,35)36)16-26(25)49-32(7,18-46-8)30(39)44)28(42)40(20(4)5)22-11-10-13-38(17-22)31(45)48-21(6)47-29(43)19(2)3/h15-16,19-22H,9-14,17-18H2,1-8H3,(H,37,41)/t21?,22-,32+/m1/s1. The van der Waals surface area contributed by atoms with E-state index in [9.17, 15) is 37.1 Å². The summed E-state index contributed by atoms with van der Waals surface area (Å²) in [4.78, 5) is 68.5. The Balaban J connectivity index is 2.01. The van der Waals surface area contributed by atoms with Crippen LogP contribution < -0.4 is 15.0 Å². The van der Waals surface area contributed by atoms with Crippen molar-refractivity contribution in [1.82, 2.24) is 15.1 Å². The highest BCUT2D eigenvalue weighted by atomic mass is 19.4. The Morgan fingerprint density at radius 2 is 1.80 bits per heavy atom. The van der Waals surface area contributed by atoms with Crippen LogP contribution in [-0.4, -0.2) is 103 Å². The van der Waals surface area contributed by atoms with Crippen molar-refractivity contribution in [2.75, 3.05) is 44.8 Å². The van der Waals surface area contributed by atoms with Crippen LogP contribution in [0, 0.1) is 5.92 Å². The van der Waals surface area contributed by atoms with E-state index in [0.29, 0.717) is 18.9 Å². The van der Waals surface area contributed by atoms with Gasteiger partial charge in [-0.15, -0.1) is 0 Å². The molecule has 1 saturated heterocycles. The van der Waals surface area contributed by atoms with Crippen LogP contribution in [0.1, 0.15) is 83.7 Å². The number of rotatable bonds is 12. The number of ether oxygens (including phenoxy) is 4. The van der Waals surface area contributed by atoms with Crippen LogP contribution in [0.4, 0.5) is 23.7 Å². The Labute approximate surface area is 284 Å². The Bertz CT molecular complexity index is 1400. The molecule has 1 unspecified atom stereocenters. The zero-order valence-electron chi connectivity index (χ0n) is 29.3. The van der Waals surface area contributed by atoms with Crippen molar-refractivity contribution >= 4 is 35.5 Å². The lowest BCUT2D eigenvalue weighted by Crippen LogP contribution is -2.58. The third-order valence-corrected chi connectivity index (χ3v) is 8.22. The lowest BCUT2D eigenvalue weighted by Gasteiger charge is -2.42. The van der Waals surface area contributed by atoms with Crippen LogP contribution in [0.2, 0.25) is 0 Å². The third-order valence-electron chi connectivity index (χ3n) is 8.22. The van der Waals surface area contributed by atoms with E-state index in [1.165, 1.54) is 35.7 Å². The number of nitrogens with zero attached hydrogens (tertiary/aromatic N) is 3. The molecular weight excluding hydrogens is 653 g/mol. The number of carbonyl (C=O) groups is 5. The van der Waals surface area contributed by atoms with Gasteiger partial charge in [0.2, 0.25) is 17.8 Å². The van der Waals surface area contributed by atoms with Crippen LogP contribution in [0.25, 0.3) is 0 Å². The number of carbonyl (C=O) groups excluding carboxylic acids is 5. The van der Waals surface area contributed by atoms with Gasteiger partial charge in [-0.3, -0.25) is 19.2 Å². The lowest BCUT2D eigenvalue weighted by molar-refractivity contribution is -0.170. The molecule has 0 saturated carbocycles. The van der Waals surface area contributed by atoms with E-state index >= 15 is 0 Å². The Morgan fingerprint density at radius 3 is 2.37 bits per heavy atom. The molecule has 0 aromatic heterocycles. The summed E-state index contributed by atoms with van der Waals surface area (Å²) in [6.07, 6.45) is -5.96. The zero-order chi connectivity index (χ0) is 36.8. The smallest absolute Gasteiger partial charge is 0.417 e. The van der Waals surface area contributed by atoms with Gasteiger partial charge >= 0.3 is 18.2 Å². The molecule has 49 heavy (non-hydrogen) atoms. The third kappa shape index (κ3) is 9.34. The number of alkyl halides is 3. The lowest BCUT2D eigenvalue weighted by atomic mass is 9.96.